The van der Waals surface area contributed by atoms with Crippen molar-refractivity contribution in [3.63, 3.8) is 0 Å². The van der Waals surface area contributed by atoms with E-state index in [4.69, 9.17) is 4.74 Å². The Morgan fingerprint density at radius 1 is 1.19 bits per heavy atom. The van der Waals surface area contributed by atoms with Gasteiger partial charge >= 0.3 is 0 Å². The summed E-state index contributed by atoms with van der Waals surface area (Å²) in [5.41, 5.74) is 2.70. The van der Waals surface area contributed by atoms with E-state index in [1.54, 1.807) is 13.2 Å². The van der Waals surface area contributed by atoms with Crippen LogP contribution in [0.4, 0.5) is 0 Å². The van der Waals surface area contributed by atoms with Crippen LogP contribution in [-0.4, -0.2) is 21.7 Å². The zero-order valence-corrected chi connectivity index (χ0v) is 16.5. The van der Waals surface area contributed by atoms with Crippen molar-refractivity contribution in [3.8, 4) is 17.1 Å². The minimum Gasteiger partial charge on any atom is -0.496 e. The van der Waals surface area contributed by atoms with Crippen molar-refractivity contribution in [3.05, 3.63) is 73.0 Å². The zero-order valence-electron chi connectivity index (χ0n) is 14.1. The SMILES string of the molecule is COc1ccc(Br)cc1/C=c1/sc2nc(-c3ccc(C)cc3)nn2c1=O. The second kappa shape index (κ2) is 6.66. The zero-order chi connectivity index (χ0) is 18.3. The third-order valence-electron chi connectivity index (χ3n) is 3.97. The lowest BCUT2D eigenvalue weighted by atomic mass is 10.1. The number of methoxy groups -OCH3 is 1. The highest BCUT2D eigenvalue weighted by molar-refractivity contribution is 9.10. The first kappa shape index (κ1) is 16.9. The molecule has 0 aliphatic heterocycles. The summed E-state index contributed by atoms with van der Waals surface area (Å²) in [5, 5.41) is 4.38. The van der Waals surface area contributed by atoms with Crippen LogP contribution in [0.3, 0.4) is 0 Å². The normalized spacial score (nSPS) is 12.0. The van der Waals surface area contributed by atoms with Crippen LogP contribution in [-0.2, 0) is 0 Å². The number of hydrogen-bond donors (Lipinski definition) is 0. The first-order valence-electron chi connectivity index (χ1n) is 7.87. The monoisotopic (exact) mass is 427 g/mol. The van der Waals surface area contributed by atoms with Gasteiger partial charge in [0.2, 0.25) is 4.96 Å². The fourth-order valence-electron chi connectivity index (χ4n) is 2.62. The Hall–Kier alpha value is -2.51. The van der Waals surface area contributed by atoms with E-state index in [-0.39, 0.29) is 5.56 Å². The third-order valence-corrected chi connectivity index (χ3v) is 5.42. The fraction of sp³-hybridized carbons (Fsp3) is 0.105. The first-order chi connectivity index (χ1) is 12.5. The van der Waals surface area contributed by atoms with Gasteiger partial charge in [-0.3, -0.25) is 4.79 Å². The van der Waals surface area contributed by atoms with Gasteiger partial charge in [0.25, 0.3) is 5.56 Å². The molecule has 5 nitrogen and oxygen atoms in total. The number of benzene rings is 2. The van der Waals surface area contributed by atoms with E-state index in [1.165, 1.54) is 21.4 Å². The maximum Gasteiger partial charge on any atom is 0.291 e. The van der Waals surface area contributed by atoms with Gasteiger partial charge in [0.1, 0.15) is 5.75 Å². The van der Waals surface area contributed by atoms with E-state index in [0.717, 1.165) is 15.6 Å². The molecule has 0 N–H and O–H groups in total. The summed E-state index contributed by atoms with van der Waals surface area (Å²) < 4.78 is 8.20. The molecule has 0 saturated carbocycles. The Bertz CT molecular complexity index is 1210. The topological polar surface area (TPSA) is 56.5 Å². The second-order valence-electron chi connectivity index (χ2n) is 5.80. The Labute approximate surface area is 161 Å². The van der Waals surface area contributed by atoms with Gasteiger partial charge < -0.3 is 4.74 Å². The van der Waals surface area contributed by atoms with Gasteiger partial charge in [-0.25, -0.2) is 0 Å². The lowest BCUT2D eigenvalue weighted by molar-refractivity contribution is 0.414. The van der Waals surface area contributed by atoms with Crippen LogP contribution in [0.5, 0.6) is 5.75 Å². The summed E-state index contributed by atoms with van der Waals surface area (Å²) in [4.78, 5) is 17.8. The van der Waals surface area contributed by atoms with Gasteiger partial charge in [0.05, 0.1) is 11.6 Å². The van der Waals surface area contributed by atoms with Gasteiger partial charge in [-0.1, -0.05) is 57.1 Å². The molecule has 4 aromatic rings. The van der Waals surface area contributed by atoms with E-state index in [9.17, 15) is 4.79 Å². The molecule has 2 aromatic heterocycles. The molecule has 0 aliphatic carbocycles. The second-order valence-corrected chi connectivity index (χ2v) is 7.72. The number of aryl methyl sites for hydroxylation is 1. The molecule has 0 unspecified atom stereocenters. The van der Waals surface area contributed by atoms with Gasteiger partial charge in [-0.05, 0) is 31.2 Å². The van der Waals surface area contributed by atoms with Gasteiger partial charge in [-0.2, -0.15) is 9.50 Å². The minimum absolute atomic E-state index is 0.183. The Kier molecular flexibility index (Phi) is 4.34. The summed E-state index contributed by atoms with van der Waals surface area (Å²) in [6.45, 7) is 2.02. The quantitative estimate of drug-likeness (QED) is 0.502. The number of ether oxygens (including phenoxy) is 1. The van der Waals surface area contributed by atoms with Crippen molar-refractivity contribution in [2.45, 2.75) is 6.92 Å². The summed E-state index contributed by atoms with van der Waals surface area (Å²) in [7, 11) is 1.61. The van der Waals surface area contributed by atoms with Crippen molar-refractivity contribution in [2.24, 2.45) is 0 Å². The molecule has 4 rings (SSSR count). The van der Waals surface area contributed by atoms with Crippen molar-refractivity contribution in [1.82, 2.24) is 14.6 Å². The predicted octanol–water partition coefficient (Wildman–Crippen LogP) is 3.45. The van der Waals surface area contributed by atoms with Gasteiger partial charge in [0, 0.05) is 15.6 Å². The molecule has 0 atom stereocenters. The standard InChI is InChI=1S/C19H14BrN3O2S/c1-11-3-5-12(6-4-11)17-21-19-23(22-17)18(24)16(26-19)10-13-9-14(20)7-8-15(13)25-2/h3-10H,1-2H3/b16-10+. The molecular weight excluding hydrogens is 414 g/mol. The Balaban J connectivity index is 1.83. The number of aromatic nitrogens is 3. The fourth-order valence-corrected chi connectivity index (χ4v) is 3.90. The maximum absolute atomic E-state index is 12.7. The molecule has 0 spiro atoms. The lowest BCUT2D eigenvalue weighted by Gasteiger charge is -2.04. The number of nitrogens with zero attached hydrogens (tertiary/aromatic N) is 3. The summed E-state index contributed by atoms with van der Waals surface area (Å²) in [6, 6.07) is 13.6. The van der Waals surface area contributed by atoms with E-state index in [0.29, 0.717) is 21.1 Å². The highest BCUT2D eigenvalue weighted by Gasteiger charge is 2.12. The minimum atomic E-state index is -0.183. The molecule has 130 valence electrons. The van der Waals surface area contributed by atoms with E-state index < -0.39 is 0 Å². The summed E-state index contributed by atoms with van der Waals surface area (Å²) >= 11 is 4.76. The van der Waals surface area contributed by atoms with Crippen LogP contribution >= 0.6 is 27.3 Å². The van der Waals surface area contributed by atoms with Crippen molar-refractivity contribution in [1.29, 1.82) is 0 Å². The molecule has 2 heterocycles. The Morgan fingerprint density at radius 3 is 2.65 bits per heavy atom. The molecule has 0 saturated heterocycles. The molecule has 26 heavy (non-hydrogen) atoms. The molecule has 0 amide bonds. The highest BCUT2D eigenvalue weighted by atomic mass is 79.9. The van der Waals surface area contributed by atoms with E-state index in [2.05, 4.69) is 26.0 Å². The summed E-state index contributed by atoms with van der Waals surface area (Å²) in [5.74, 6) is 1.26. The number of rotatable bonds is 3. The number of hydrogen-bond acceptors (Lipinski definition) is 5. The molecule has 2 aromatic carbocycles. The van der Waals surface area contributed by atoms with E-state index >= 15 is 0 Å². The highest BCUT2D eigenvalue weighted by Crippen LogP contribution is 2.23. The molecule has 0 radical (unpaired) electrons. The van der Waals surface area contributed by atoms with Gasteiger partial charge in [0.15, 0.2) is 5.82 Å². The van der Waals surface area contributed by atoms with Crippen LogP contribution in [0.2, 0.25) is 0 Å². The van der Waals surface area contributed by atoms with Crippen LogP contribution in [0.15, 0.2) is 51.7 Å². The van der Waals surface area contributed by atoms with Crippen molar-refractivity contribution < 1.29 is 4.74 Å². The third kappa shape index (κ3) is 3.04. The van der Waals surface area contributed by atoms with Crippen LogP contribution < -0.4 is 14.8 Å². The molecule has 0 fully saturated rings. The van der Waals surface area contributed by atoms with Crippen molar-refractivity contribution >= 4 is 38.3 Å². The number of fused-ring (bicyclic) bond motifs is 1. The number of halogens is 1. The molecule has 7 heteroatoms. The van der Waals surface area contributed by atoms with Gasteiger partial charge in [-0.15, -0.1) is 5.10 Å². The van der Waals surface area contributed by atoms with Crippen molar-refractivity contribution in [2.75, 3.05) is 7.11 Å². The first-order valence-corrected chi connectivity index (χ1v) is 9.48. The average Bonchev–Trinajstić information content (AvgIpc) is 3.16. The largest absolute Gasteiger partial charge is 0.496 e. The molecule has 0 aliphatic rings. The average molecular weight is 428 g/mol. The van der Waals surface area contributed by atoms with Crippen LogP contribution in [0, 0.1) is 6.92 Å². The summed E-state index contributed by atoms with van der Waals surface area (Å²) in [6.07, 6.45) is 1.80. The maximum atomic E-state index is 12.7. The van der Waals surface area contributed by atoms with Crippen LogP contribution in [0.25, 0.3) is 22.4 Å². The lowest BCUT2D eigenvalue weighted by Crippen LogP contribution is -2.23. The number of thiazole rings is 1. The Morgan fingerprint density at radius 2 is 1.96 bits per heavy atom. The van der Waals surface area contributed by atoms with Crippen LogP contribution in [0.1, 0.15) is 11.1 Å². The predicted molar refractivity (Wildman–Crippen MR) is 107 cm³/mol. The smallest absolute Gasteiger partial charge is 0.291 e. The van der Waals surface area contributed by atoms with E-state index in [1.807, 2.05) is 49.4 Å². The molecular formula is C19H14BrN3O2S. The molecule has 0 bridgehead atoms.